The molecule has 0 spiro atoms. The molecule has 0 aliphatic heterocycles. The summed E-state index contributed by atoms with van der Waals surface area (Å²) >= 11 is 0. The molecule has 0 bridgehead atoms. The fourth-order valence-electron chi connectivity index (χ4n) is 2.04. The minimum atomic E-state index is -0.829. The molecule has 0 aliphatic carbocycles. The van der Waals surface area contributed by atoms with Crippen LogP contribution in [0.5, 0.6) is 0 Å². The Bertz CT molecular complexity index is 625. The van der Waals surface area contributed by atoms with Gasteiger partial charge in [0.1, 0.15) is 0 Å². The molecule has 1 heterocycles. The van der Waals surface area contributed by atoms with Crippen LogP contribution in [0.25, 0.3) is 10.9 Å². The molecule has 18 heavy (non-hydrogen) atoms. The molecule has 0 saturated heterocycles. The van der Waals surface area contributed by atoms with E-state index in [4.69, 9.17) is 0 Å². The van der Waals surface area contributed by atoms with Gasteiger partial charge in [0.25, 0.3) is 5.78 Å². The van der Waals surface area contributed by atoms with Crippen molar-refractivity contribution < 1.29 is 14.3 Å². The number of methoxy groups -OCH3 is 1. The van der Waals surface area contributed by atoms with Crippen LogP contribution in [0.15, 0.2) is 24.4 Å². The van der Waals surface area contributed by atoms with Crippen LogP contribution in [-0.2, 0) is 23.0 Å². The number of hydrogen-bond acceptors (Lipinski definition) is 3. The molecule has 0 aliphatic rings. The van der Waals surface area contributed by atoms with Gasteiger partial charge < -0.3 is 9.30 Å². The summed E-state index contributed by atoms with van der Waals surface area (Å²) in [5.41, 5.74) is 2.46. The van der Waals surface area contributed by atoms with Gasteiger partial charge in [0.2, 0.25) is 0 Å². The third kappa shape index (κ3) is 1.90. The fraction of sp³-hybridized carbons (Fsp3) is 0.286. The molecular formula is C14H15NO3. The second-order valence-electron chi connectivity index (χ2n) is 4.18. The molecule has 0 amide bonds. The largest absolute Gasteiger partial charge is 0.463 e. The summed E-state index contributed by atoms with van der Waals surface area (Å²) in [7, 11) is 3.06. The van der Waals surface area contributed by atoms with Crippen LogP contribution in [-0.4, -0.2) is 23.4 Å². The Labute approximate surface area is 105 Å². The fourth-order valence-corrected chi connectivity index (χ4v) is 2.04. The van der Waals surface area contributed by atoms with Gasteiger partial charge in [-0.25, -0.2) is 4.79 Å². The van der Waals surface area contributed by atoms with Gasteiger partial charge in [0, 0.05) is 24.1 Å². The van der Waals surface area contributed by atoms with Crippen molar-refractivity contribution in [1.29, 1.82) is 0 Å². The number of carbonyl (C=O) groups excluding carboxylic acids is 2. The average Bonchev–Trinajstić information content (AvgIpc) is 2.73. The van der Waals surface area contributed by atoms with Crippen LogP contribution in [0.3, 0.4) is 0 Å². The number of ketones is 1. The van der Waals surface area contributed by atoms with Crippen LogP contribution in [0.2, 0.25) is 0 Å². The van der Waals surface area contributed by atoms with E-state index in [1.165, 1.54) is 7.11 Å². The lowest BCUT2D eigenvalue weighted by molar-refractivity contribution is -0.135. The number of benzene rings is 1. The van der Waals surface area contributed by atoms with Crippen LogP contribution in [0, 0.1) is 0 Å². The number of aryl methyl sites for hydroxylation is 2. The third-order valence-corrected chi connectivity index (χ3v) is 3.08. The van der Waals surface area contributed by atoms with E-state index in [0.717, 1.165) is 22.9 Å². The van der Waals surface area contributed by atoms with E-state index in [-0.39, 0.29) is 0 Å². The minimum Gasteiger partial charge on any atom is -0.463 e. The van der Waals surface area contributed by atoms with Crippen molar-refractivity contribution in [3.8, 4) is 0 Å². The quantitative estimate of drug-likeness (QED) is 0.472. The monoisotopic (exact) mass is 245 g/mol. The van der Waals surface area contributed by atoms with Gasteiger partial charge in [-0.05, 0) is 24.1 Å². The zero-order valence-corrected chi connectivity index (χ0v) is 10.7. The molecule has 0 unspecified atom stereocenters. The summed E-state index contributed by atoms with van der Waals surface area (Å²) in [5.74, 6) is -1.43. The summed E-state index contributed by atoms with van der Waals surface area (Å²) < 4.78 is 6.32. The molecule has 2 aromatic rings. The number of hydrogen-bond donors (Lipinski definition) is 0. The van der Waals surface area contributed by atoms with Crippen molar-refractivity contribution in [2.24, 2.45) is 7.05 Å². The SMILES string of the molecule is CCc1ccc2c(c1)c(C(=O)C(=O)OC)cn2C. The second-order valence-corrected chi connectivity index (χ2v) is 4.18. The van der Waals surface area contributed by atoms with Crippen LogP contribution in [0.4, 0.5) is 0 Å². The molecular weight excluding hydrogens is 230 g/mol. The zero-order chi connectivity index (χ0) is 13.3. The predicted molar refractivity (Wildman–Crippen MR) is 68.6 cm³/mol. The van der Waals surface area contributed by atoms with Crippen LogP contribution < -0.4 is 0 Å². The van der Waals surface area contributed by atoms with Crippen molar-refractivity contribution in [1.82, 2.24) is 4.57 Å². The summed E-state index contributed by atoms with van der Waals surface area (Å²) in [5, 5.41) is 0.798. The Balaban J connectivity index is 2.63. The van der Waals surface area contributed by atoms with Crippen LogP contribution >= 0.6 is 0 Å². The Morgan fingerprint density at radius 2 is 2.06 bits per heavy atom. The zero-order valence-electron chi connectivity index (χ0n) is 10.7. The number of carbonyl (C=O) groups is 2. The lowest BCUT2D eigenvalue weighted by atomic mass is 10.1. The summed E-state index contributed by atoms with van der Waals surface area (Å²) in [6.45, 7) is 2.05. The van der Waals surface area contributed by atoms with Gasteiger partial charge in [-0.3, -0.25) is 4.79 Å². The van der Waals surface area contributed by atoms with E-state index < -0.39 is 11.8 Å². The van der Waals surface area contributed by atoms with E-state index in [1.807, 2.05) is 36.7 Å². The number of aromatic nitrogens is 1. The molecule has 0 radical (unpaired) electrons. The first-order valence-corrected chi connectivity index (χ1v) is 5.79. The summed E-state index contributed by atoms with van der Waals surface area (Å²) in [4.78, 5) is 23.3. The van der Waals surface area contributed by atoms with Crippen molar-refractivity contribution >= 4 is 22.7 Å². The van der Waals surface area contributed by atoms with Gasteiger partial charge in [0.05, 0.1) is 12.7 Å². The van der Waals surface area contributed by atoms with Gasteiger partial charge in [0.15, 0.2) is 0 Å². The van der Waals surface area contributed by atoms with Gasteiger partial charge in [-0.1, -0.05) is 13.0 Å². The van der Waals surface area contributed by atoms with Crippen molar-refractivity contribution in [2.75, 3.05) is 7.11 Å². The number of Topliss-reactive ketones (excluding diaryl/α,β-unsaturated/α-hetero) is 1. The smallest absolute Gasteiger partial charge is 0.379 e. The molecule has 0 atom stereocenters. The average molecular weight is 245 g/mol. The normalized spacial score (nSPS) is 10.6. The Kier molecular flexibility index (Phi) is 3.19. The third-order valence-electron chi connectivity index (χ3n) is 3.08. The maximum atomic E-state index is 11.9. The lowest BCUT2D eigenvalue weighted by Crippen LogP contribution is -2.15. The highest BCUT2D eigenvalue weighted by Gasteiger charge is 2.21. The molecule has 1 aromatic carbocycles. The Morgan fingerprint density at radius 3 is 2.67 bits per heavy atom. The number of ether oxygens (including phenoxy) is 1. The Hall–Kier alpha value is -2.10. The van der Waals surface area contributed by atoms with E-state index in [9.17, 15) is 9.59 Å². The molecule has 2 rings (SSSR count). The highest BCUT2D eigenvalue weighted by atomic mass is 16.5. The predicted octanol–water partition coefficient (Wildman–Crippen LogP) is 2.10. The van der Waals surface area contributed by atoms with Crippen LogP contribution in [0.1, 0.15) is 22.8 Å². The molecule has 0 fully saturated rings. The maximum absolute atomic E-state index is 11.9. The molecule has 4 heteroatoms. The first-order valence-electron chi connectivity index (χ1n) is 5.79. The van der Waals surface area contributed by atoms with Crippen molar-refractivity contribution in [2.45, 2.75) is 13.3 Å². The topological polar surface area (TPSA) is 48.3 Å². The first-order chi connectivity index (χ1) is 8.58. The molecule has 1 aromatic heterocycles. The second kappa shape index (κ2) is 4.64. The number of nitrogens with zero attached hydrogens (tertiary/aromatic N) is 1. The molecule has 0 N–H and O–H groups in total. The Morgan fingerprint density at radius 1 is 1.33 bits per heavy atom. The standard InChI is InChI=1S/C14H15NO3/c1-4-9-5-6-12-10(7-9)11(8-15(12)2)13(16)14(17)18-3/h5-8H,4H2,1-3H3. The van der Waals surface area contributed by atoms with Gasteiger partial charge in [-0.15, -0.1) is 0 Å². The van der Waals surface area contributed by atoms with E-state index in [1.54, 1.807) is 6.20 Å². The highest BCUT2D eigenvalue weighted by Crippen LogP contribution is 2.23. The highest BCUT2D eigenvalue weighted by molar-refractivity contribution is 6.43. The van der Waals surface area contributed by atoms with E-state index in [0.29, 0.717) is 5.56 Å². The van der Waals surface area contributed by atoms with Crippen molar-refractivity contribution in [3.63, 3.8) is 0 Å². The maximum Gasteiger partial charge on any atom is 0.379 e. The van der Waals surface area contributed by atoms with E-state index in [2.05, 4.69) is 4.74 Å². The number of esters is 1. The summed E-state index contributed by atoms with van der Waals surface area (Å²) in [6, 6.07) is 5.93. The minimum absolute atomic E-state index is 0.398. The molecule has 94 valence electrons. The lowest BCUT2D eigenvalue weighted by Gasteiger charge is -2.00. The number of rotatable bonds is 3. The number of fused-ring (bicyclic) bond motifs is 1. The molecule has 4 nitrogen and oxygen atoms in total. The summed E-state index contributed by atoms with van der Waals surface area (Å²) in [6.07, 6.45) is 2.56. The molecule has 0 saturated carbocycles. The van der Waals surface area contributed by atoms with E-state index >= 15 is 0 Å². The van der Waals surface area contributed by atoms with Crippen molar-refractivity contribution in [3.05, 3.63) is 35.5 Å². The van der Waals surface area contributed by atoms with Gasteiger partial charge >= 0.3 is 5.97 Å². The van der Waals surface area contributed by atoms with Gasteiger partial charge in [-0.2, -0.15) is 0 Å². The first kappa shape index (κ1) is 12.4.